The number of rotatable bonds is 0. The zero-order chi connectivity index (χ0) is 9.19. The summed E-state index contributed by atoms with van der Waals surface area (Å²) in [5.74, 6) is -2.56. The summed E-state index contributed by atoms with van der Waals surface area (Å²) >= 11 is 0. The molecule has 0 aliphatic carbocycles. The molecule has 0 unspecified atom stereocenters. The number of ether oxygens (including phenoxy) is 1. The smallest absolute Gasteiger partial charge is 0.381 e. The second-order valence-corrected chi connectivity index (χ2v) is 2.71. The fourth-order valence-corrected chi connectivity index (χ4v) is 1.16. The van der Waals surface area contributed by atoms with Crippen molar-refractivity contribution in [3.05, 3.63) is 0 Å². The van der Waals surface area contributed by atoms with E-state index in [9.17, 15) is 18.0 Å². The molecule has 0 aromatic heterocycles. The van der Waals surface area contributed by atoms with Gasteiger partial charge in [0.1, 0.15) is 11.7 Å². The maximum atomic E-state index is 12.1. The van der Waals surface area contributed by atoms with Crippen molar-refractivity contribution in [2.75, 3.05) is 13.2 Å². The van der Waals surface area contributed by atoms with Crippen molar-refractivity contribution in [1.82, 2.24) is 0 Å². The Kier molecular flexibility index (Phi) is 2.72. The minimum atomic E-state index is -4.40. The van der Waals surface area contributed by atoms with E-state index in [1.54, 1.807) is 0 Å². The molecule has 0 spiro atoms. The lowest BCUT2D eigenvalue weighted by Crippen LogP contribution is -2.30. The van der Waals surface area contributed by atoms with E-state index in [0.717, 1.165) is 0 Å². The summed E-state index contributed by atoms with van der Waals surface area (Å²) < 4.78 is 41.1. The van der Waals surface area contributed by atoms with Crippen LogP contribution >= 0.6 is 0 Å². The normalized spacial score (nSPS) is 26.9. The first kappa shape index (κ1) is 9.51. The summed E-state index contributed by atoms with van der Waals surface area (Å²) in [4.78, 5) is 10.9. The SMILES string of the molecule is O=C1CCOCC[C@H]1C(F)(F)F. The van der Waals surface area contributed by atoms with Crippen LogP contribution in [0.15, 0.2) is 0 Å². The number of halogens is 3. The fourth-order valence-electron chi connectivity index (χ4n) is 1.16. The van der Waals surface area contributed by atoms with Crippen molar-refractivity contribution in [3.63, 3.8) is 0 Å². The van der Waals surface area contributed by atoms with Crippen molar-refractivity contribution in [2.45, 2.75) is 19.0 Å². The molecule has 0 N–H and O–H groups in total. The third-order valence-corrected chi connectivity index (χ3v) is 1.83. The predicted octanol–water partition coefficient (Wildman–Crippen LogP) is 1.54. The van der Waals surface area contributed by atoms with E-state index in [1.165, 1.54) is 0 Å². The van der Waals surface area contributed by atoms with E-state index in [1.807, 2.05) is 0 Å². The standard InChI is InChI=1S/C7H9F3O2/c8-7(9,10)5-1-3-12-4-2-6(5)11/h5H,1-4H2/t5-/m1/s1. The maximum Gasteiger partial charge on any atom is 0.398 e. The first-order valence-electron chi connectivity index (χ1n) is 3.69. The molecule has 1 heterocycles. The van der Waals surface area contributed by atoms with Crippen LogP contribution in [0.2, 0.25) is 0 Å². The number of carbonyl (C=O) groups is 1. The van der Waals surface area contributed by atoms with Gasteiger partial charge in [-0.3, -0.25) is 4.79 Å². The van der Waals surface area contributed by atoms with Crippen LogP contribution in [-0.2, 0) is 9.53 Å². The van der Waals surface area contributed by atoms with Crippen LogP contribution in [0.3, 0.4) is 0 Å². The number of hydrogen-bond donors (Lipinski definition) is 0. The monoisotopic (exact) mass is 182 g/mol. The van der Waals surface area contributed by atoms with E-state index in [-0.39, 0.29) is 26.1 Å². The molecule has 1 fully saturated rings. The molecule has 0 aromatic rings. The third-order valence-electron chi connectivity index (χ3n) is 1.83. The molecular formula is C7H9F3O2. The van der Waals surface area contributed by atoms with Gasteiger partial charge in [0, 0.05) is 13.0 Å². The van der Waals surface area contributed by atoms with E-state index in [2.05, 4.69) is 0 Å². The Bertz CT molecular complexity index is 176. The fraction of sp³-hybridized carbons (Fsp3) is 0.857. The summed E-state index contributed by atoms with van der Waals surface area (Å²) in [6.45, 7) is 0.140. The number of ketones is 1. The van der Waals surface area contributed by atoms with E-state index < -0.39 is 17.9 Å². The minimum Gasteiger partial charge on any atom is -0.381 e. The lowest BCUT2D eigenvalue weighted by Gasteiger charge is -2.15. The van der Waals surface area contributed by atoms with Gasteiger partial charge in [0.2, 0.25) is 0 Å². The van der Waals surface area contributed by atoms with Crippen molar-refractivity contribution in [2.24, 2.45) is 5.92 Å². The third kappa shape index (κ3) is 2.20. The zero-order valence-corrected chi connectivity index (χ0v) is 6.36. The topological polar surface area (TPSA) is 26.3 Å². The van der Waals surface area contributed by atoms with Gasteiger partial charge in [0.25, 0.3) is 0 Å². The lowest BCUT2D eigenvalue weighted by atomic mass is 9.99. The van der Waals surface area contributed by atoms with Crippen LogP contribution in [-0.4, -0.2) is 25.2 Å². The Hall–Kier alpha value is -0.580. The number of Topliss-reactive ketones (excluding diaryl/α,β-unsaturated/α-hetero) is 1. The van der Waals surface area contributed by atoms with Crippen LogP contribution in [0, 0.1) is 5.92 Å². The van der Waals surface area contributed by atoms with Gasteiger partial charge in [0.15, 0.2) is 0 Å². The number of alkyl halides is 3. The van der Waals surface area contributed by atoms with Gasteiger partial charge < -0.3 is 4.74 Å². The molecule has 0 radical (unpaired) electrons. The molecule has 0 aromatic carbocycles. The van der Waals surface area contributed by atoms with Crippen LogP contribution in [0.5, 0.6) is 0 Å². The van der Waals surface area contributed by atoms with Gasteiger partial charge in [-0.05, 0) is 6.42 Å². The average Bonchev–Trinajstić information content (AvgIpc) is 2.11. The molecule has 1 rings (SSSR count). The molecule has 2 nitrogen and oxygen atoms in total. The second kappa shape index (κ2) is 3.43. The molecule has 0 saturated carbocycles. The van der Waals surface area contributed by atoms with Gasteiger partial charge in [0.05, 0.1) is 6.61 Å². The highest BCUT2D eigenvalue weighted by molar-refractivity contribution is 5.82. The molecule has 0 bridgehead atoms. The van der Waals surface area contributed by atoms with E-state index in [0.29, 0.717) is 0 Å². The summed E-state index contributed by atoms with van der Waals surface area (Å²) in [5.41, 5.74) is 0. The predicted molar refractivity (Wildman–Crippen MR) is 34.6 cm³/mol. The van der Waals surface area contributed by atoms with Gasteiger partial charge >= 0.3 is 6.18 Å². The van der Waals surface area contributed by atoms with Gasteiger partial charge in [-0.15, -0.1) is 0 Å². The van der Waals surface area contributed by atoms with E-state index >= 15 is 0 Å². The Morgan fingerprint density at radius 1 is 1.33 bits per heavy atom. The Balaban J connectivity index is 2.66. The van der Waals surface area contributed by atoms with Gasteiger partial charge in [-0.25, -0.2) is 0 Å². The number of carbonyl (C=O) groups excluding carboxylic acids is 1. The summed E-state index contributed by atoms with van der Waals surface area (Å²) in [7, 11) is 0. The highest BCUT2D eigenvalue weighted by Gasteiger charge is 2.44. The van der Waals surface area contributed by atoms with Crippen molar-refractivity contribution in [3.8, 4) is 0 Å². The molecular weight excluding hydrogens is 173 g/mol. The quantitative estimate of drug-likeness (QED) is 0.568. The Morgan fingerprint density at radius 3 is 2.58 bits per heavy atom. The van der Waals surface area contributed by atoms with Gasteiger partial charge in [-0.2, -0.15) is 13.2 Å². The first-order chi connectivity index (χ1) is 5.52. The van der Waals surface area contributed by atoms with E-state index in [4.69, 9.17) is 4.74 Å². The molecule has 0 amide bonds. The van der Waals surface area contributed by atoms with Crippen molar-refractivity contribution < 1.29 is 22.7 Å². The van der Waals surface area contributed by atoms with Crippen molar-refractivity contribution in [1.29, 1.82) is 0 Å². The molecule has 5 heteroatoms. The molecule has 1 aliphatic heterocycles. The van der Waals surface area contributed by atoms with Crippen LogP contribution < -0.4 is 0 Å². The molecule has 1 atom stereocenters. The van der Waals surface area contributed by atoms with Gasteiger partial charge in [-0.1, -0.05) is 0 Å². The highest BCUT2D eigenvalue weighted by atomic mass is 19.4. The Labute approximate surface area is 67.7 Å². The first-order valence-corrected chi connectivity index (χ1v) is 3.69. The van der Waals surface area contributed by atoms with Crippen LogP contribution in [0.4, 0.5) is 13.2 Å². The largest absolute Gasteiger partial charge is 0.398 e. The van der Waals surface area contributed by atoms with Crippen LogP contribution in [0.1, 0.15) is 12.8 Å². The summed E-state index contributed by atoms with van der Waals surface area (Å²) in [6.07, 6.45) is -4.75. The zero-order valence-electron chi connectivity index (χ0n) is 6.36. The second-order valence-electron chi connectivity index (χ2n) is 2.71. The molecule has 12 heavy (non-hydrogen) atoms. The van der Waals surface area contributed by atoms with Crippen molar-refractivity contribution >= 4 is 5.78 Å². The molecule has 1 saturated heterocycles. The molecule has 1 aliphatic rings. The lowest BCUT2D eigenvalue weighted by molar-refractivity contribution is -0.182. The highest BCUT2D eigenvalue weighted by Crippen LogP contribution is 2.31. The summed E-state index contributed by atoms with van der Waals surface area (Å²) in [6, 6.07) is 0. The number of hydrogen-bond acceptors (Lipinski definition) is 2. The van der Waals surface area contributed by atoms with Crippen LogP contribution in [0.25, 0.3) is 0 Å². The Morgan fingerprint density at radius 2 is 2.00 bits per heavy atom. The minimum absolute atomic E-state index is 0.0237. The maximum absolute atomic E-state index is 12.1. The summed E-state index contributed by atoms with van der Waals surface area (Å²) in [5, 5.41) is 0. The average molecular weight is 182 g/mol. The molecule has 70 valence electrons.